The highest BCUT2D eigenvalue weighted by molar-refractivity contribution is 5.04. The molecule has 0 saturated heterocycles. The summed E-state index contributed by atoms with van der Waals surface area (Å²) in [5, 5.41) is 0. The summed E-state index contributed by atoms with van der Waals surface area (Å²) in [5.41, 5.74) is 2.29. The fourth-order valence-electron chi connectivity index (χ4n) is 3.70. The van der Waals surface area contributed by atoms with Crippen LogP contribution >= 0.6 is 0 Å². The van der Waals surface area contributed by atoms with Crippen LogP contribution < -0.4 is 0 Å². The quantitative estimate of drug-likeness (QED) is 0.433. The van der Waals surface area contributed by atoms with Crippen LogP contribution in [-0.2, 0) is 0 Å². The summed E-state index contributed by atoms with van der Waals surface area (Å²) < 4.78 is 0. The van der Waals surface area contributed by atoms with Crippen molar-refractivity contribution >= 4 is 0 Å². The molecule has 0 radical (unpaired) electrons. The monoisotopic (exact) mass is 278 g/mol. The fraction of sp³-hybridized carbons (Fsp3) is 0.900. The van der Waals surface area contributed by atoms with E-state index >= 15 is 0 Å². The first kappa shape index (κ1) is 17.8. The van der Waals surface area contributed by atoms with Gasteiger partial charge in [0.1, 0.15) is 0 Å². The van der Waals surface area contributed by atoms with Gasteiger partial charge in [0.05, 0.1) is 0 Å². The lowest BCUT2D eigenvalue weighted by Gasteiger charge is -2.22. The Kier molecular flexibility index (Phi) is 6.35. The highest BCUT2D eigenvalue weighted by Gasteiger charge is 2.47. The average Bonchev–Trinajstić information content (AvgIpc) is 2.98. The van der Waals surface area contributed by atoms with Crippen LogP contribution in [0.4, 0.5) is 0 Å². The maximum absolute atomic E-state index is 2.53. The predicted octanol–water partition coefficient (Wildman–Crippen LogP) is 6.71. The predicted molar refractivity (Wildman–Crippen MR) is 91.8 cm³/mol. The van der Waals surface area contributed by atoms with E-state index in [9.17, 15) is 0 Å². The van der Waals surface area contributed by atoms with Crippen molar-refractivity contribution in [1.82, 2.24) is 0 Å². The van der Waals surface area contributed by atoms with Crippen molar-refractivity contribution in [3.05, 3.63) is 11.6 Å². The maximum atomic E-state index is 2.53. The van der Waals surface area contributed by atoms with Crippen molar-refractivity contribution in [2.24, 2.45) is 35.0 Å². The Morgan fingerprint density at radius 2 is 1.80 bits per heavy atom. The van der Waals surface area contributed by atoms with Crippen LogP contribution in [0.3, 0.4) is 0 Å². The summed E-state index contributed by atoms with van der Waals surface area (Å²) in [6.07, 6.45) is 8.10. The smallest absolute Gasteiger partial charge is 0.0231 e. The minimum atomic E-state index is 0.686. The van der Waals surface area contributed by atoms with Crippen molar-refractivity contribution in [2.45, 2.75) is 81.1 Å². The lowest BCUT2D eigenvalue weighted by Crippen LogP contribution is -2.13. The minimum absolute atomic E-state index is 0.686. The molecule has 118 valence electrons. The second-order valence-corrected chi connectivity index (χ2v) is 8.43. The van der Waals surface area contributed by atoms with Gasteiger partial charge in [0, 0.05) is 0 Å². The van der Waals surface area contributed by atoms with Gasteiger partial charge >= 0.3 is 0 Å². The molecule has 5 unspecified atom stereocenters. The number of hydrogen-bond donors (Lipinski definition) is 0. The Bertz CT molecular complexity index is 325. The second-order valence-electron chi connectivity index (χ2n) is 8.43. The van der Waals surface area contributed by atoms with E-state index in [2.05, 4.69) is 61.5 Å². The third kappa shape index (κ3) is 4.93. The first-order valence-corrected chi connectivity index (χ1v) is 8.86. The molecule has 1 rings (SSSR count). The molecule has 0 aromatic carbocycles. The Hall–Kier alpha value is -0.260. The molecule has 5 atom stereocenters. The molecule has 1 aliphatic rings. The highest BCUT2D eigenvalue weighted by atomic mass is 14.5. The van der Waals surface area contributed by atoms with Crippen LogP contribution in [0.25, 0.3) is 0 Å². The number of allylic oxidation sites excluding steroid dienone is 2. The topological polar surface area (TPSA) is 0 Å². The lowest BCUT2D eigenvalue weighted by atomic mass is 9.84. The van der Waals surface area contributed by atoms with Gasteiger partial charge in [0.2, 0.25) is 0 Å². The normalized spacial score (nSPS) is 31.2. The first-order chi connectivity index (χ1) is 9.19. The molecule has 1 aliphatic carbocycles. The summed E-state index contributed by atoms with van der Waals surface area (Å²) in [5.74, 6) is 4.13. The van der Waals surface area contributed by atoms with Crippen LogP contribution in [-0.4, -0.2) is 0 Å². The molecule has 0 nitrogen and oxygen atoms in total. The van der Waals surface area contributed by atoms with Crippen LogP contribution in [0, 0.1) is 35.0 Å². The molecule has 0 aromatic rings. The Morgan fingerprint density at radius 1 is 1.20 bits per heavy atom. The standard InChI is InChI=1S/C20H38/c1-9-20(8)13-19(20)12-16(5)10-15(4)11-17(6)18(7)14(2)3/h11,14,16-19H,9-10,12-13H2,1-8H3. The zero-order chi connectivity index (χ0) is 15.5. The van der Waals surface area contributed by atoms with Crippen LogP contribution in [0.1, 0.15) is 81.1 Å². The molecule has 20 heavy (non-hydrogen) atoms. The molecule has 0 bridgehead atoms. The third-order valence-electron chi connectivity index (χ3n) is 6.13. The average molecular weight is 279 g/mol. The molecule has 0 amide bonds. The van der Waals surface area contributed by atoms with Gasteiger partial charge in [-0.3, -0.25) is 0 Å². The highest BCUT2D eigenvalue weighted by Crippen LogP contribution is 2.57. The Balaban J connectivity index is 2.40. The van der Waals surface area contributed by atoms with Gasteiger partial charge in [-0.15, -0.1) is 0 Å². The van der Waals surface area contributed by atoms with E-state index in [4.69, 9.17) is 0 Å². The van der Waals surface area contributed by atoms with Crippen molar-refractivity contribution in [3.63, 3.8) is 0 Å². The van der Waals surface area contributed by atoms with Gasteiger partial charge in [-0.25, -0.2) is 0 Å². The summed E-state index contributed by atoms with van der Waals surface area (Å²) in [7, 11) is 0. The maximum Gasteiger partial charge on any atom is -0.0231 e. The van der Waals surface area contributed by atoms with Gasteiger partial charge in [0.25, 0.3) is 0 Å². The van der Waals surface area contributed by atoms with Crippen LogP contribution in [0.15, 0.2) is 11.6 Å². The largest absolute Gasteiger partial charge is 0.0825 e. The zero-order valence-electron chi connectivity index (χ0n) is 15.3. The lowest BCUT2D eigenvalue weighted by molar-refractivity contribution is 0.340. The number of rotatable bonds is 8. The van der Waals surface area contributed by atoms with Crippen molar-refractivity contribution in [2.75, 3.05) is 0 Å². The molecule has 0 heteroatoms. The minimum Gasteiger partial charge on any atom is -0.0825 e. The summed E-state index contributed by atoms with van der Waals surface area (Å²) in [6, 6.07) is 0. The Morgan fingerprint density at radius 3 is 2.25 bits per heavy atom. The summed E-state index contributed by atoms with van der Waals surface area (Å²) in [6.45, 7) is 19.1. The molecular weight excluding hydrogens is 240 g/mol. The summed E-state index contributed by atoms with van der Waals surface area (Å²) in [4.78, 5) is 0. The first-order valence-electron chi connectivity index (χ1n) is 8.86. The van der Waals surface area contributed by atoms with Crippen molar-refractivity contribution in [1.29, 1.82) is 0 Å². The third-order valence-corrected chi connectivity index (χ3v) is 6.13. The van der Waals surface area contributed by atoms with Gasteiger partial charge in [-0.1, -0.05) is 66.5 Å². The molecular formula is C20H38. The van der Waals surface area contributed by atoms with E-state index < -0.39 is 0 Å². The van der Waals surface area contributed by atoms with Crippen LogP contribution in [0.2, 0.25) is 0 Å². The van der Waals surface area contributed by atoms with Gasteiger partial charge in [0.15, 0.2) is 0 Å². The van der Waals surface area contributed by atoms with E-state index in [1.54, 1.807) is 5.57 Å². The van der Waals surface area contributed by atoms with Crippen molar-refractivity contribution in [3.8, 4) is 0 Å². The van der Waals surface area contributed by atoms with E-state index in [1.807, 2.05) is 0 Å². The summed E-state index contributed by atoms with van der Waals surface area (Å²) >= 11 is 0. The van der Waals surface area contributed by atoms with Crippen LogP contribution in [0.5, 0.6) is 0 Å². The van der Waals surface area contributed by atoms with E-state index in [0.29, 0.717) is 11.3 Å². The molecule has 1 fully saturated rings. The van der Waals surface area contributed by atoms with E-state index in [-0.39, 0.29) is 0 Å². The van der Waals surface area contributed by atoms with Gasteiger partial charge < -0.3 is 0 Å². The van der Waals surface area contributed by atoms with E-state index in [0.717, 1.165) is 23.7 Å². The molecule has 0 aliphatic heterocycles. The molecule has 0 heterocycles. The van der Waals surface area contributed by atoms with Crippen molar-refractivity contribution < 1.29 is 0 Å². The Labute approximate surface area is 128 Å². The molecule has 0 aromatic heterocycles. The van der Waals surface area contributed by atoms with Gasteiger partial charge in [-0.05, 0) is 61.2 Å². The van der Waals surface area contributed by atoms with Gasteiger partial charge in [-0.2, -0.15) is 0 Å². The fourth-order valence-corrected chi connectivity index (χ4v) is 3.70. The second kappa shape index (κ2) is 7.14. The molecule has 1 saturated carbocycles. The molecule has 0 N–H and O–H groups in total. The zero-order valence-corrected chi connectivity index (χ0v) is 15.3. The number of hydrogen-bond acceptors (Lipinski definition) is 0. The van der Waals surface area contributed by atoms with E-state index in [1.165, 1.54) is 25.7 Å². The SMILES string of the molecule is CCC1(C)CC1CC(C)CC(C)=CC(C)C(C)C(C)C. The molecule has 0 spiro atoms.